The van der Waals surface area contributed by atoms with Crippen molar-refractivity contribution in [3.8, 4) is 0 Å². The third kappa shape index (κ3) is 3.79. The first-order chi connectivity index (χ1) is 9.40. The lowest BCUT2D eigenvalue weighted by Gasteiger charge is -2.39. The zero-order chi connectivity index (χ0) is 14.8. The van der Waals surface area contributed by atoms with Gasteiger partial charge in [-0.2, -0.15) is 0 Å². The number of nitrogens with zero attached hydrogens (tertiary/aromatic N) is 3. The smallest absolute Gasteiger partial charge is 0.0843 e. The molecule has 0 spiro atoms. The number of hydrazine groups is 1. The molecule has 1 unspecified atom stereocenters. The van der Waals surface area contributed by atoms with E-state index in [1.165, 1.54) is 25.7 Å². The normalized spacial score (nSPS) is 25.6. The van der Waals surface area contributed by atoms with E-state index < -0.39 is 0 Å². The van der Waals surface area contributed by atoms with Crippen LogP contribution in [0.4, 0.5) is 0 Å². The summed E-state index contributed by atoms with van der Waals surface area (Å²) in [7, 11) is 1.90. The molecule has 0 aliphatic heterocycles. The number of nitrogens with one attached hydrogen (secondary N) is 1. The van der Waals surface area contributed by atoms with Crippen LogP contribution in [-0.4, -0.2) is 21.0 Å². The minimum Gasteiger partial charge on any atom is -0.271 e. The van der Waals surface area contributed by atoms with Crippen LogP contribution < -0.4 is 11.3 Å². The molecular formula is C15H29N5. The van der Waals surface area contributed by atoms with Gasteiger partial charge in [0.05, 0.1) is 5.69 Å². The van der Waals surface area contributed by atoms with Crippen molar-refractivity contribution < 1.29 is 0 Å². The van der Waals surface area contributed by atoms with Gasteiger partial charge in [0.15, 0.2) is 0 Å². The largest absolute Gasteiger partial charge is 0.271 e. The molecule has 114 valence electrons. The van der Waals surface area contributed by atoms with Crippen molar-refractivity contribution in [1.29, 1.82) is 0 Å². The number of hydrogen-bond acceptors (Lipinski definition) is 4. The highest BCUT2D eigenvalue weighted by molar-refractivity contribution is 4.98. The molecule has 0 saturated heterocycles. The van der Waals surface area contributed by atoms with Crippen LogP contribution in [0.15, 0.2) is 6.20 Å². The molecule has 0 bridgehead atoms. The van der Waals surface area contributed by atoms with Crippen LogP contribution >= 0.6 is 0 Å². The second-order valence-electron chi connectivity index (χ2n) is 7.34. The molecule has 1 aliphatic rings. The fraction of sp³-hybridized carbons (Fsp3) is 0.867. The molecule has 1 aliphatic carbocycles. The van der Waals surface area contributed by atoms with Gasteiger partial charge < -0.3 is 0 Å². The van der Waals surface area contributed by atoms with Crippen LogP contribution in [0.1, 0.15) is 52.1 Å². The van der Waals surface area contributed by atoms with Crippen molar-refractivity contribution in [3.05, 3.63) is 11.9 Å². The van der Waals surface area contributed by atoms with E-state index in [1.54, 1.807) is 4.68 Å². The summed E-state index contributed by atoms with van der Waals surface area (Å²) in [6, 6.07) is 0.313. The van der Waals surface area contributed by atoms with Crippen LogP contribution in [0.25, 0.3) is 0 Å². The lowest BCUT2D eigenvalue weighted by molar-refractivity contribution is 0.132. The maximum absolute atomic E-state index is 5.77. The van der Waals surface area contributed by atoms with Crippen molar-refractivity contribution in [2.75, 3.05) is 0 Å². The summed E-state index contributed by atoms with van der Waals surface area (Å²) in [6.07, 6.45) is 7.99. The Kier molecular flexibility index (Phi) is 4.81. The summed E-state index contributed by atoms with van der Waals surface area (Å²) in [5.41, 5.74) is 4.46. The second-order valence-corrected chi connectivity index (χ2v) is 7.34. The summed E-state index contributed by atoms with van der Waals surface area (Å²) >= 11 is 0. The van der Waals surface area contributed by atoms with Crippen LogP contribution in [0.2, 0.25) is 0 Å². The average Bonchev–Trinajstić information content (AvgIpc) is 2.81. The van der Waals surface area contributed by atoms with Gasteiger partial charge in [-0.3, -0.25) is 16.0 Å². The van der Waals surface area contributed by atoms with E-state index in [2.05, 4.69) is 36.5 Å². The van der Waals surface area contributed by atoms with Gasteiger partial charge in [0.1, 0.15) is 0 Å². The molecule has 1 aromatic rings. The quantitative estimate of drug-likeness (QED) is 0.654. The monoisotopic (exact) mass is 279 g/mol. The Hall–Kier alpha value is -0.940. The second kappa shape index (κ2) is 6.22. The van der Waals surface area contributed by atoms with E-state index >= 15 is 0 Å². The van der Waals surface area contributed by atoms with E-state index in [4.69, 9.17) is 5.84 Å². The molecule has 1 heterocycles. The van der Waals surface area contributed by atoms with Gasteiger partial charge in [-0.1, -0.05) is 26.0 Å². The average molecular weight is 279 g/mol. The van der Waals surface area contributed by atoms with E-state index in [9.17, 15) is 0 Å². The Morgan fingerprint density at radius 3 is 2.45 bits per heavy atom. The Balaban J connectivity index is 1.90. The predicted molar refractivity (Wildman–Crippen MR) is 80.7 cm³/mol. The highest BCUT2D eigenvalue weighted by Crippen LogP contribution is 2.40. The molecular weight excluding hydrogens is 250 g/mol. The Morgan fingerprint density at radius 1 is 1.35 bits per heavy atom. The highest BCUT2D eigenvalue weighted by atomic mass is 15.4. The first kappa shape index (κ1) is 15.4. The van der Waals surface area contributed by atoms with E-state index in [0.29, 0.717) is 17.4 Å². The fourth-order valence-electron chi connectivity index (χ4n) is 3.46. The van der Waals surface area contributed by atoms with Gasteiger partial charge in [-0.25, -0.2) is 0 Å². The topological polar surface area (TPSA) is 68.8 Å². The lowest BCUT2D eigenvalue weighted by atomic mass is 9.68. The molecule has 5 heteroatoms. The van der Waals surface area contributed by atoms with E-state index in [0.717, 1.165) is 18.0 Å². The van der Waals surface area contributed by atoms with Crippen LogP contribution in [0.5, 0.6) is 0 Å². The molecule has 3 N–H and O–H groups in total. The molecule has 0 amide bonds. The Bertz CT molecular complexity index is 412. The van der Waals surface area contributed by atoms with Crippen LogP contribution in [-0.2, 0) is 13.5 Å². The Labute approximate surface area is 122 Å². The molecule has 1 atom stereocenters. The molecule has 0 radical (unpaired) electrons. The summed E-state index contributed by atoms with van der Waals surface area (Å²) in [4.78, 5) is 0. The summed E-state index contributed by atoms with van der Waals surface area (Å²) in [5.74, 6) is 7.27. The molecule has 2 rings (SSSR count). The molecule has 5 nitrogen and oxygen atoms in total. The van der Waals surface area contributed by atoms with Crippen molar-refractivity contribution in [1.82, 2.24) is 20.4 Å². The van der Waals surface area contributed by atoms with Gasteiger partial charge in [0, 0.05) is 25.7 Å². The van der Waals surface area contributed by atoms with E-state index in [1.807, 2.05) is 13.2 Å². The van der Waals surface area contributed by atoms with Gasteiger partial charge in [-0.15, -0.1) is 5.10 Å². The maximum Gasteiger partial charge on any atom is 0.0843 e. The first-order valence-corrected chi connectivity index (χ1v) is 7.71. The minimum absolute atomic E-state index is 0.313. The zero-order valence-corrected chi connectivity index (χ0v) is 13.3. The highest BCUT2D eigenvalue weighted by Gasteiger charge is 2.32. The third-order valence-electron chi connectivity index (χ3n) is 4.86. The third-order valence-corrected chi connectivity index (χ3v) is 4.86. The number of nitrogens with two attached hydrogens (primary N) is 1. The maximum atomic E-state index is 5.77. The van der Waals surface area contributed by atoms with Crippen molar-refractivity contribution in [2.24, 2.45) is 30.1 Å². The predicted octanol–water partition coefficient (Wildman–Crippen LogP) is 2.04. The summed E-state index contributed by atoms with van der Waals surface area (Å²) in [6.45, 7) is 7.07. The summed E-state index contributed by atoms with van der Waals surface area (Å²) < 4.78 is 1.75. The van der Waals surface area contributed by atoms with Crippen molar-refractivity contribution in [3.63, 3.8) is 0 Å². The number of rotatable bonds is 4. The molecule has 20 heavy (non-hydrogen) atoms. The standard InChI is InChI=1S/C15H29N5/c1-15(2,3)12-7-5-11(6-8-12)14(17-16)9-13-10-20(4)19-18-13/h10-12,14,17H,5-9,16H2,1-4H3. The minimum atomic E-state index is 0.313. The van der Waals surface area contributed by atoms with Crippen molar-refractivity contribution >= 4 is 0 Å². The molecule has 1 saturated carbocycles. The summed E-state index contributed by atoms with van der Waals surface area (Å²) in [5, 5.41) is 8.16. The first-order valence-electron chi connectivity index (χ1n) is 7.71. The van der Waals surface area contributed by atoms with Gasteiger partial charge in [0.25, 0.3) is 0 Å². The number of aromatic nitrogens is 3. The number of aryl methyl sites for hydroxylation is 1. The van der Waals surface area contributed by atoms with E-state index in [-0.39, 0.29) is 0 Å². The van der Waals surface area contributed by atoms with Gasteiger partial charge in [-0.05, 0) is 42.9 Å². The zero-order valence-electron chi connectivity index (χ0n) is 13.3. The van der Waals surface area contributed by atoms with Gasteiger partial charge in [0.2, 0.25) is 0 Å². The van der Waals surface area contributed by atoms with Crippen molar-refractivity contribution in [2.45, 2.75) is 58.9 Å². The molecule has 1 aromatic heterocycles. The number of hydrogen-bond donors (Lipinski definition) is 2. The van der Waals surface area contributed by atoms with Crippen LogP contribution in [0, 0.1) is 17.3 Å². The molecule has 0 aromatic carbocycles. The fourth-order valence-corrected chi connectivity index (χ4v) is 3.46. The van der Waals surface area contributed by atoms with Crippen LogP contribution in [0.3, 0.4) is 0 Å². The molecule has 1 fully saturated rings. The lowest BCUT2D eigenvalue weighted by Crippen LogP contribution is -2.44. The SMILES string of the molecule is Cn1cc(CC(NN)C2CCC(C(C)(C)C)CC2)nn1. The van der Waals surface area contributed by atoms with Gasteiger partial charge >= 0.3 is 0 Å². The Morgan fingerprint density at radius 2 is 2.00 bits per heavy atom.